The topological polar surface area (TPSA) is 41.6 Å². The SMILES string of the molecule is C=C(C)c1ccc(-c2cccc(CN(C)C(=C)C(N=CN)(c3ccccc3)c3ccccc3)c2)cc1. The molecule has 2 N–H and O–H groups in total. The molecule has 0 aromatic heterocycles. The number of hydrogen-bond acceptors (Lipinski definition) is 2. The average Bonchev–Trinajstić information content (AvgIpc) is 2.92. The van der Waals surface area contributed by atoms with E-state index >= 15 is 0 Å². The molecule has 0 bridgehead atoms. The van der Waals surface area contributed by atoms with Gasteiger partial charge >= 0.3 is 0 Å². The Morgan fingerprint density at radius 2 is 1.39 bits per heavy atom. The largest absolute Gasteiger partial charge is 0.390 e. The van der Waals surface area contributed by atoms with Crippen LogP contribution in [0.15, 0.2) is 133 Å². The molecule has 0 saturated heterocycles. The smallest absolute Gasteiger partial charge is 0.151 e. The van der Waals surface area contributed by atoms with E-state index < -0.39 is 5.54 Å². The van der Waals surface area contributed by atoms with E-state index in [1.54, 1.807) is 0 Å². The van der Waals surface area contributed by atoms with Gasteiger partial charge in [0.25, 0.3) is 0 Å². The van der Waals surface area contributed by atoms with Crippen LogP contribution >= 0.6 is 0 Å². The van der Waals surface area contributed by atoms with Gasteiger partial charge in [0.1, 0.15) is 0 Å². The summed E-state index contributed by atoms with van der Waals surface area (Å²) in [4.78, 5) is 7.01. The highest BCUT2D eigenvalue weighted by Crippen LogP contribution is 2.41. The summed E-state index contributed by atoms with van der Waals surface area (Å²) in [6.07, 6.45) is 1.38. The van der Waals surface area contributed by atoms with E-state index in [1.807, 2.05) is 43.3 Å². The molecule has 0 aliphatic rings. The number of allylic oxidation sites excluding steroid dienone is 1. The van der Waals surface area contributed by atoms with Crippen molar-refractivity contribution in [2.75, 3.05) is 7.05 Å². The lowest BCUT2D eigenvalue weighted by molar-refractivity contribution is 0.350. The highest BCUT2D eigenvalue weighted by atomic mass is 15.1. The summed E-state index contributed by atoms with van der Waals surface area (Å²) in [6, 6.07) is 37.6. The molecule has 0 atom stereocenters. The van der Waals surface area contributed by atoms with Gasteiger partial charge in [-0.2, -0.15) is 0 Å². The van der Waals surface area contributed by atoms with E-state index in [0.29, 0.717) is 6.54 Å². The van der Waals surface area contributed by atoms with E-state index in [1.165, 1.54) is 23.0 Å². The van der Waals surface area contributed by atoms with Crippen molar-refractivity contribution >= 4 is 11.9 Å². The second kappa shape index (κ2) is 10.9. The van der Waals surface area contributed by atoms with Gasteiger partial charge in [-0.15, -0.1) is 0 Å². The first kappa shape index (κ1) is 24.7. The molecule has 0 unspecified atom stereocenters. The van der Waals surface area contributed by atoms with Crippen LogP contribution in [0.5, 0.6) is 0 Å². The number of rotatable bonds is 9. The summed E-state index contributed by atoms with van der Waals surface area (Å²) >= 11 is 0. The van der Waals surface area contributed by atoms with Crippen molar-refractivity contribution in [3.8, 4) is 11.1 Å². The third-order valence-corrected chi connectivity index (χ3v) is 6.59. The molecule has 0 radical (unpaired) electrons. The fourth-order valence-electron chi connectivity index (χ4n) is 4.64. The van der Waals surface area contributed by atoms with Crippen LogP contribution in [-0.2, 0) is 12.1 Å². The minimum Gasteiger partial charge on any atom is -0.390 e. The Morgan fingerprint density at radius 1 is 0.806 bits per heavy atom. The summed E-state index contributed by atoms with van der Waals surface area (Å²) in [5.41, 5.74) is 13.7. The Labute approximate surface area is 215 Å². The van der Waals surface area contributed by atoms with Crippen molar-refractivity contribution in [1.82, 2.24) is 4.90 Å². The predicted octanol–water partition coefficient (Wildman–Crippen LogP) is 7.26. The minimum absolute atomic E-state index is 0.679. The molecule has 4 rings (SSSR count). The maximum Gasteiger partial charge on any atom is 0.151 e. The van der Waals surface area contributed by atoms with Gasteiger partial charge in [0.15, 0.2) is 5.54 Å². The average molecular weight is 472 g/mol. The van der Waals surface area contributed by atoms with Crippen LogP contribution in [0.2, 0.25) is 0 Å². The van der Waals surface area contributed by atoms with E-state index in [0.717, 1.165) is 28.0 Å². The number of hydrogen-bond donors (Lipinski definition) is 1. The normalized spacial score (nSPS) is 11.4. The lowest BCUT2D eigenvalue weighted by Crippen LogP contribution is -2.36. The molecular weight excluding hydrogens is 438 g/mol. The summed E-state index contributed by atoms with van der Waals surface area (Å²) in [5.74, 6) is 0. The molecule has 0 saturated carbocycles. The van der Waals surface area contributed by atoms with Crippen LogP contribution in [-0.4, -0.2) is 18.3 Å². The number of likely N-dealkylation sites (N-methyl/N-ethyl adjacent to an activating group) is 1. The third kappa shape index (κ3) is 5.01. The van der Waals surface area contributed by atoms with Gasteiger partial charge in [-0.3, -0.25) is 4.99 Å². The Kier molecular flexibility index (Phi) is 7.50. The van der Waals surface area contributed by atoms with E-state index in [2.05, 4.69) is 97.9 Å². The first-order valence-electron chi connectivity index (χ1n) is 12.1. The fraction of sp³-hybridized carbons (Fsp3) is 0.121. The molecular formula is C33H33N3. The van der Waals surface area contributed by atoms with Gasteiger partial charge < -0.3 is 10.6 Å². The van der Waals surface area contributed by atoms with Crippen LogP contribution in [0, 0.1) is 0 Å². The van der Waals surface area contributed by atoms with Gasteiger partial charge in [-0.25, -0.2) is 0 Å². The molecule has 0 fully saturated rings. The summed E-state index contributed by atoms with van der Waals surface area (Å²) < 4.78 is 0. The Morgan fingerprint density at radius 3 is 1.92 bits per heavy atom. The van der Waals surface area contributed by atoms with Crippen LogP contribution in [0.25, 0.3) is 16.7 Å². The number of nitrogens with two attached hydrogens (primary N) is 1. The van der Waals surface area contributed by atoms with Crippen LogP contribution in [0.1, 0.15) is 29.2 Å². The third-order valence-electron chi connectivity index (χ3n) is 6.59. The van der Waals surface area contributed by atoms with E-state index in [9.17, 15) is 0 Å². The van der Waals surface area contributed by atoms with Crippen molar-refractivity contribution in [1.29, 1.82) is 0 Å². The first-order chi connectivity index (χ1) is 17.5. The quantitative estimate of drug-likeness (QED) is 0.206. The first-order valence-corrected chi connectivity index (χ1v) is 12.1. The second-order valence-electron chi connectivity index (χ2n) is 9.08. The van der Waals surface area contributed by atoms with E-state index in [-0.39, 0.29) is 0 Å². The molecule has 0 heterocycles. The number of nitrogens with zero attached hydrogens (tertiary/aromatic N) is 2. The number of aliphatic imine (C=N–C) groups is 1. The molecule has 36 heavy (non-hydrogen) atoms. The minimum atomic E-state index is -0.831. The highest BCUT2D eigenvalue weighted by Gasteiger charge is 2.38. The van der Waals surface area contributed by atoms with Crippen molar-refractivity contribution in [3.63, 3.8) is 0 Å². The van der Waals surface area contributed by atoms with Crippen LogP contribution in [0.4, 0.5) is 0 Å². The molecule has 0 spiro atoms. The van der Waals surface area contributed by atoms with Crippen LogP contribution < -0.4 is 5.73 Å². The lowest BCUT2D eigenvalue weighted by atomic mass is 9.80. The Balaban J connectivity index is 1.68. The van der Waals surface area contributed by atoms with Gasteiger partial charge in [-0.1, -0.05) is 122 Å². The maximum atomic E-state index is 5.94. The zero-order chi connectivity index (χ0) is 25.5. The zero-order valence-corrected chi connectivity index (χ0v) is 21.1. The molecule has 0 aliphatic carbocycles. The van der Waals surface area contributed by atoms with Gasteiger partial charge in [-0.05, 0) is 46.4 Å². The molecule has 0 amide bonds. The molecule has 3 heteroatoms. The Bertz CT molecular complexity index is 1310. The summed E-state index contributed by atoms with van der Waals surface area (Å²) in [6.45, 7) is 11.3. The van der Waals surface area contributed by atoms with Crippen molar-refractivity contribution in [2.45, 2.75) is 19.0 Å². The molecule has 180 valence electrons. The van der Waals surface area contributed by atoms with Gasteiger partial charge in [0.2, 0.25) is 0 Å². The number of benzene rings is 4. The summed E-state index contributed by atoms with van der Waals surface area (Å²) in [5, 5.41) is 0. The highest BCUT2D eigenvalue weighted by molar-refractivity contribution is 5.69. The summed E-state index contributed by atoms with van der Waals surface area (Å²) in [7, 11) is 2.06. The fourth-order valence-corrected chi connectivity index (χ4v) is 4.64. The molecule has 0 aliphatic heterocycles. The van der Waals surface area contributed by atoms with Crippen LogP contribution in [0.3, 0.4) is 0 Å². The van der Waals surface area contributed by atoms with Crippen molar-refractivity contribution in [2.24, 2.45) is 10.7 Å². The standard InChI is InChI=1S/C33H33N3/c1-25(2)28-18-20-29(21-19-28)30-13-11-12-27(22-30)23-36(4)26(3)33(35-24-34,31-14-7-5-8-15-31)32-16-9-6-10-17-32/h5-22,24H,1,3,23H2,2,4H3,(H2,34,35). The second-order valence-corrected chi connectivity index (χ2v) is 9.08. The Hall–Kier alpha value is -4.37. The molecule has 4 aromatic carbocycles. The maximum absolute atomic E-state index is 5.94. The van der Waals surface area contributed by atoms with Gasteiger partial charge in [0, 0.05) is 19.3 Å². The van der Waals surface area contributed by atoms with E-state index in [4.69, 9.17) is 10.7 Å². The molecule has 4 aromatic rings. The predicted molar refractivity (Wildman–Crippen MR) is 154 cm³/mol. The zero-order valence-electron chi connectivity index (χ0n) is 21.1. The van der Waals surface area contributed by atoms with Crippen molar-refractivity contribution in [3.05, 3.63) is 150 Å². The monoisotopic (exact) mass is 471 g/mol. The molecule has 3 nitrogen and oxygen atoms in total. The van der Waals surface area contributed by atoms with Gasteiger partial charge in [0.05, 0.1) is 6.34 Å². The lowest BCUT2D eigenvalue weighted by Gasteiger charge is -2.38. The van der Waals surface area contributed by atoms with Crippen molar-refractivity contribution < 1.29 is 0 Å².